The van der Waals surface area contributed by atoms with E-state index in [4.69, 9.17) is 5.73 Å². The first-order valence-corrected chi connectivity index (χ1v) is 7.55. The van der Waals surface area contributed by atoms with Crippen LogP contribution in [0.4, 0.5) is 10.1 Å². The fraction of sp³-hybridized carbons (Fsp3) is 0.222. The van der Waals surface area contributed by atoms with Crippen molar-refractivity contribution in [3.63, 3.8) is 0 Å². The number of hydrogen-bond acceptors (Lipinski definition) is 2. The van der Waals surface area contributed by atoms with E-state index in [0.717, 1.165) is 24.1 Å². The number of nitrogens with two attached hydrogens (primary N) is 1. The Hall–Kier alpha value is -2.69. The van der Waals surface area contributed by atoms with Crippen molar-refractivity contribution in [1.82, 2.24) is 5.32 Å². The van der Waals surface area contributed by atoms with Gasteiger partial charge in [0.2, 0.25) is 5.96 Å². The molecule has 3 N–H and O–H groups in total. The summed E-state index contributed by atoms with van der Waals surface area (Å²) < 4.78 is 13.5. The van der Waals surface area contributed by atoms with Gasteiger partial charge in [0.25, 0.3) is 5.91 Å². The van der Waals surface area contributed by atoms with Crippen LogP contribution in [0.25, 0.3) is 0 Å². The first-order chi connectivity index (χ1) is 11.0. The van der Waals surface area contributed by atoms with Crippen LogP contribution in [0.3, 0.4) is 0 Å². The van der Waals surface area contributed by atoms with E-state index in [0.29, 0.717) is 11.5 Å². The van der Waals surface area contributed by atoms with E-state index in [-0.39, 0.29) is 11.5 Å². The number of para-hydroxylation sites is 1. The van der Waals surface area contributed by atoms with Crippen molar-refractivity contribution in [2.24, 2.45) is 10.7 Å². The van der Waals surface area contributed by atoms with E-state index < -0.39 is 11.7 Å². The third-order valence-electron chi connectivity index (χ3n) is 3.87. The van der Waals surface area contributed by atoms with Crippen molar-refractivity contribution in [3.8, 4) is 0 Å². The molecule has 0 bridgehead atoms. The molecule has 0 aromatic heterocycles. The molecular weight excluding hydrogens is 293 g/mol. The second-order valence-electron chi connectivity index (χ2n) is 5.75. The molecule has 5 heteroatoms. The van der Waals surface area contributed by atoms with Crippen LogP contribution >= 0.6 is 0 Å². The molecule has 1 aliphatic rings. The number of aryl methyl sites for hydroxylation is 1. The summed E-state index contributed by atoms with van der Waals surface area (Å²) in [5.74, 6) is -0.366. The maximum absolute atomic E-state index is 13.5. The lowest BCUT2D eigenvalue weighted by atomic mass is 10.1. The Kier molecular flexibility index (Phi) is 4.10. The summed E-state index contributed by atoms with van der Waals surface area (Å²) >= 11 is 0. The number of rotatable bonds is 3. The number of amides is 1. The largest absolute Gasteiger partial charge is 0.369 e. The molecule has 1 amide bonds. The van der Waals surface area contributed by atoms with Crippen LogP contribution < -0.4 is 11.1 Å². The predicted molar refractivity (Wildman–Crippen MR) is 88.3 cm³/mol. The molecule has 1 saturated carbocycles. The zero-order valence-corrected chi connectivity index (χ0v) is 12.8. The minimum absolute atomic E-state index is 0.00378. The Bertz CT molecular complexity index is 782. The van der Waals surface area contributed by atoms with E-state index >= 15 is 0 Å². The highest BCUT2D eigenvalue weighted by Crippen LogP contribution is 2.44. The number of nitrogens with one attached hydrogen (secondary N) is 1. The quantitative estimate of drug-likeness (QED) is 0.674. The van der Waals surface area contributed by atoms with Crippen molar-refractivity contribution in [3.05, 3.63) is 65.0 Å². The van der Waals surface area contributed by atoms with Gasteiger partial charge in [0.15, 0.2) is 0 Å². The molecule has 3 rings (SSSR count). The van der Waals surface area contributed by atoms with Crippen molar-refractivity contribution < 1.29 is 9.18 Å². The summed E-state index contributed by atoms with van der Waals surface area (Å²) in [7, 11) is 0. The van der Waals surface area contributed by atoms with Gasteiger partial charge in [-0.1, -0.05) is 24.3 Å². The Morgan fingerprint density at radius 2 is 2.00 bits per heavy atom. The van der Waals surface area contributed by atoms with Crippen LogP contribution in [-0.2, 0) is 0 Å². The Balaban J connectivity index is 1.77. The van der Waals surface area contributed by atoms with E-state index in [2.05, 4.69) is 10.3 Å². The fourth-order valence-corrected chi connectivity index (χ4v) is 2.41. The summed E-state index contributed by atoms with van der Waals surface area (Å²) in [6, 6.07) is 12.1. The number of halogens is 1. The zero-order chi connectivity index (χ0) is 16.4. The Morgan fingerprint density at radius 1 is 1.26 bits per heavy atom. The van der Waals surface area contributed by atoms with Gasteiger partial charge in [-0.2, -0.15) is 0 Å². The second-order valence-corrected chi connectivity index (χ2v) is 5.75. The summed E-state index contributed by atoms with van der Waals surface area (Å²) in [5.41, 5.74) is 8.43. The van der Waals surface area contributed by atoms with Gasteiger partial charge in [-0.05, 0) is 55.0 Å². The van der Waals surface area contributed by atoms with Gasteiger partial charge in [0.1, 0.15) is 5.82 Å². The number of carbonyl (C=O) groups is 1. The smallest absolute Gasteiger partial charge is 0.258 e. The minimum Gasteiger partial charge on any atom is -0.369 e. The van der Waals surface area contributed by atoms with Crippen molar-refractivity contribution in [2.75, 3.05) is 0 Å². The lowest BCUT2D eigenvalue weighted by molar-refractivity contribution is 0.0976. The number of aliphatic imine (C=N–C) groups is 1. The maximum atomic E-state index is 13.5. The SMILES string of the molecule is Cc1ccc(C(=O)NC(N)=Nc2ccccc2C2CC2)cc1F. The average Bonchev–Trinajstić information content (AvgIpc) is 3.35. The highest BCUT2D eigenvalue weighted by Gasteiger charge is 2.25. The van der Waals surface area contributed by atoms with Crippen LogP contribution in [0, 0.1) is 12.7 Å². The van der Waals surface area contributed by atoms with Gasteiger partial charge in [0, 0.05) is 5.56 Å². The normalized spacial score (nSPS) is 14.6. The van der Waals surface area contributed by atoms with Crippen LogP contribution in [-0.4, -0.2) is 11.9 Å². The lowest BCUT2D eigenvalue weighted by Gasteiger charge is -2.07. The van der Waals surface area contributed by atoms with E-state index in [1.54, 1.807) is 19.1 Å². The summed E-state index contributed by atoms with van der Waals surface area (Å²) in [6.45, 7) is 1.64. The topological polar surface area (TPSA) is 67.5 Å². The molecule has 23 heavy (non-hydrogen) atoms. The van der Waals surface area contributed by atoms with Crippen molar-refractivity contribution in [1.29, 1.82) is 0 Å². The van der Waals surface area contributed by atoms with E-state index in [1.807, 2.05) is 24.3 Å². The molecular formula is C18H18FN3O. The molecule has 4 nitrogen and oxygen atoms in total. The summed E-state index contributed by atoms with van der Waals surface area (Å²) in [4.78, 5) is 16.4. The van der Waals surface area contributed by atoms with E-state index in [9.17, 15) is 9.18 Å². The molecule has 0 heterocycles. The Labute approximate surface area is 134 Å². The maximum Gasteiger partial charge on any atom is 0.258 e. The van der Waals surface area contributed by atoms with Crippen LogP contribution in [0.2, 0.25) is 0 Å². The highest BCUT2D eigenvalue weighted by atomic mass is 19.1. The van der Waals surface area contributed by atoms with Crippen LogP contribution in [0.1, 0.15) is 40.2 Å². The molecule has 0 spiro atoms. The van der Waals surface area contributed by atoms with Gasteiger partial charge in [-0.3, -0.25) is 10.1 Å². The second kappa shape index (κ2) is 6.20. The molecule has 1 fully saturated rings. The predicted octanol–water partition coefficient (Wildman–Crippen LogP) is 3.39. The minimum atomic E-state index is -0.478. The van der Waals surface area contributed by atoms with Gasteiger partial charge in [-0.15, -0.1) is 0 Å². The zero-order valence-electron chi connectivity index (χ0n) is 12.8. The summed E-state index contributed by atoms with van der Waals surface area (Å²) in [6.07, 6.45) is 2.31. The van der Waals surface area contributed by atoms with Crippen molar-refractivity contribution >= 4 is 17.6 Å². The number of guanidine groups is 1. The molecule has 0 saturated heterocycles. The number of hydrogen-bond donors (Lipinski definition) is 2. The molecule has 0 aliphatic heterocycles. The molecule has 2 aromatic rings. The van der Waals surface area contributed by atoms with E-state index in [1.165, 1.54) is 6.07 Å². The Morgan fingerprint density at radius 3 is 2.70 bits per heavy atom. The lowest BCUT2D eigenvalue weighted by Crippen LogP contribution is -2.36. The van der Waals surface area contributed by atoms with Gasteiger partial charge < -0.3 is 5.73 Å². The monoisotopic (exact) mass is 311 g/mol. The van der Waals surface area contributed by atoms with Crippen LogP contribution in [0.5, 0.6) is 0 Å². The van der Waals surface area contributed by atoms with Crippen LogP contribution in [0.15, 0.2) is 47.5 Å². The number of benzene rings is 2. The first kappa shape index (κ1) is 15.2. The molecule has 2 aromatic carbocycles. The number of carbonyl (C=O) groups excluding carboxylic acids is 1. The molecule has 118 valence electrons. The standard InChI is InChI=1S/C18H18FN3O/c1-11-6-7-13(10-15(11)19)17(23)22-18(20)21-16-5-3-2-4-14(16)12-8-9-12/h2-7,10,12H,8-9H2,1H3,(H3,20,21,22,23). The summed E-state index contributed by atoms with van der Waals surface area (Å²) in [5, 5.41) is 2.50. The molecule has 0 atom stereocenters. The van der Waals surface area contributed by atoms with Crippen molar-refractivity contribution in [2.45, 2.75) is 25.7 Å². The van der Waals surface area contributed by atoms with Gasteiger partial charge >= 0.3 is 0 Å². The van der Waals surface area contributed by atoms with Gasteiger partial charge in [0.05, 0.1) is 5.69 Å². The first-order valence-electron chi connectivity index (χ1n) is 7.55. The molecule has 0 unspecified atom stereocenters. The third-order valence-corrected chi connectivity index (χ3v) is 3.87. The molecule has 0 radical (unpaired) electrons. The average molecular weight is 311 g/mol. The number of nitrogens with zero attached hydrogens (tertiary/aromatic N) is 1. The fourth-order valence-electron chi connectivity index (χ4n) is 2.41. The highest BCUT2D eigenvalue weighted by molar-refractivity contribution is 6.05. The third kappa shape index (κ3) is 3.56. The van der Waals surface area contributed by atoms with Gasteiger partial charge in [-0.25, -0.2) is 9.38 Å². The molecule has 1 aliphatic carbocycles.